The van der Waals surface area contributed by atoms with Gasteiger partial charge in [-0.2, -0.15) is 0 Å². The average molecular weight is 280 g/mol. The number of aliphatic hydroxyl groups is 1. The summed E-state index contributed by atoms with van der Waals surface area (Å²) in [7, 11) is 0. The van der Waals surface area contributed by atoms with Crippen molar-refractivity contribution in [1.82, 2.24) is 0 Å². The zero-order valence-corrected chi connectivity index (χ0v) is 13.7. The molecule has 2 rings (SSSR count). The van der Waals surface area contributed by atoms with Gasteiger partial charge in [0.2, 0.25) is 0 Å². The number of unbranched alkanes of at least 4 members (excludes halogenated alkanes) is 7. The van der Waals surface area contributed by atoms with E-state index >= 15 is 0 Å². The fourth-order valence-electron chi connectivity index (χ4n) is 4.65. The lowest BCUT2D eigenvalue weighted by Crippen LogP contribution is -2.18. The van der Waals surface area contributed by atoms with Crippen molar-refractivity contribution in [2.75, 3.05) is 0 Å². The van der Waals surface area contributed by atoms with E-state index < -0.39 is 0 Å². The highest BCUT2D eigenvalue weighted by atomic mass is 16.3. The van der Waals surface area contributed by atoms with E-state index in [2.05, 4.69) is 6.92 Å². The molecule has 0 aromatic rings. The number of fused-ring (bicyclic) bond motifs is 2. The van der Waals surface area contributed by atoms with Crippen LogP contribution in [0.4, 0.5) is 0 Å². The van der Waals surface area contributed by atoms with Crippen LogP contribution in [0.3, 0.4) is 0 Å². The minimum atomic E-state index is -0.000517. The van der Waals surface area contributed by atoms with E-state index in [9.17, 15) is 5.11 Å². The van der Waals surface area contributed by atoms with Crippen molar-refractivity contribution >= 4 is 0 Å². The molecule has 2 saturated carbocycles. The predicted octanol–water partition coefficient (Wildman–Crippen LogP) is 5.70. The normalized spacial score (nSPS) is 30.0. The van der Waals surface area contributed by atoms with Crippen molar-refractivity contribution in [3.63, 3.8) is 0 Å². The maximum absolute atomic E-state index is 10.2. The van der Waals surface area contributed by atoms with Gasteiger partial charge in [0.25, 0.3) is 0 Å². The summed E-state index contributed by atoms with van der Waals surface area (Å²) in [6.45, 7) is 2.28. The van der Waals surface area contributed by atoms with Crippen LogP contribution in [0.2, 0.25) is 0 Å². The first kappa shape index (κ1) is 16.3. The lowest BCUT2D eigenvalue weighted by atomic mass is 9.84. The molecular weight excluding hydrogens is 244 g/mol. The molecule has 20 heavy (non-hydrogen) atoms. The maximum atomic E-state index is 10.2. The maximum Gasteiger partial charge on any atom is 0.0543 e. The van der Waals surface area contributed by atoms with Crippen LogP contribution in [0.15, 0.2) is 0 Å². The van der Waals surface area contributed by atoms with Gasteiger partial charge in [-0.05, 0) is 49.9 Å². The summed E-state index contributed by atoms with van der Waals surface area (Å²) in [6, 6.07) is 0. The first-order valence-corrected chi connectivity index (χ1v) is 9.47. The van der Waals surface area contributed by atoms with Gasteiger partial charge in [-0.25, -0.2) is 0 Å². The fraction of sp³-hybridized carbons (Fsp3) is 1.00. The molecule has 0 saturated heterocycles. The van der Waals surface area contributed by atoms with Crippen molar-refractivity contribution in [1.29, 1.82) is 0 Å². The van der Waals surface area contributed by atoms with E-state index in [1.165, 1.54) is 77.0 Å². The first-order chi connectivity index (χ1) is 9.79. The predicted molar refractivity (Wildman–Crippen MR) is 86.8 cm³/mol. The molecule has 0 amide bonds. The smallest absolute Gasteiger partial charge is 0.0543 e. The molecule has 2 aliphatic carbocycles. The van der Waals surface area contributed by atoms with Crippen LogP contribution in [0.1, 0.15) is 96.8 Å². The van der Waals surface area contributed by atoms with Crippen LogP contribution < -0.4 is 0 Å². The van der Waals surface area contributed by atoms with Crippen molar-refractivity contribution in [3.8, 4) is 0 Å². The summed E-state index contributed by atoms with van der Waals surface area (Å²) >= 11 is 0. The van der Waals surface area contributed by atoms with Gasteiger partial charge < -0.3 is 5.11 Å². The molecule has 1 nitrogen and oxygen atoms in total. The highest BCUT2D eigenvalue weighted by Crippen LogP contribution is 2.50. The Morgan fingerprint density at radius 2 is 1.60 bits per heavy atom. The Bertz CT molecular complexity index is 250. The van der Waals surface area contributed by atoms with Gasteiger partial charge in [0.1, 0.15) is 0 Å². The highest BCUT2D eigenvalue weighted by molar-refractivity contribution is 4.90. The lowest BCUT2D eigenvalue weighted by molar-refractivity contribution is 0.114. The van der Waals surface area contributed by atoms with Crippen molar-refractivity contribution < 1.29 is 5.11 Å². The zero-order valence-electron chi connectivity index (χ0n) is 13.7. The molecule has 2 aliphatic rings. The summed E-state index contributed by atoms with van der Waals surface area (Å²) < 4.78 is 0. The van der Waals surface area contributed by atoms with Gasteiger partial charge in [0.15, 0.2) is 0 Å². The number of hydrogen-bond acceptors (Lipinski definition) is 1. The van der Waals surface area contributed by atoms with Crippen LogP contribution in [-0.4, -0.2) is 11.2 Å². The molecule has 0 spiro atoms. The summed E-state index contributed by atoms with van der Waals surface area (Å²) in [5.41, 5.74) is 0. The average Bonchev–Trinajstić information content (AvgIpc) is 3.04. The molecule has 0 aromatic heterocycles. The Labute approximate surface area is 126 Å². The minimum Gasteiger partial charge on any atom is -0.393 e. The van der Waals surface area contributed by atoms with Gasteiger partial charge >= 0.3 is 0 Å². The van der Waals surface area contributed by atoms with E-state index in [0.717, 1.165) is 30.6 Å². The third kappa shape index (κ3) is 5.39. The molecule has 0 heterocycles. The second kappa shape index (κ2) is 9.07. The van der Waals surface area contributed by atoms with Crippen molar-refractivity contribution in [2.45, 2.75) is 103 Å². The molecule has 1 heteroatoms. The van der Waals surface area contributed by atoms with E-state index in [1.54, 1.807) is 0 Å². The molecule has 4 atom stereocenters. The van der Waals surface area contributed by atoms with Crippen LogP contribution in [0, 0.1) is 17.8 Å². The molecule has 0 aliphatic heterocycles. The molecule has 0 aromatic carbocycles. The topological polar surface area (TPSA) is 20.2 Å². The van der Waals surface area contributed by atoms with Gasteiger partial charge in [-0.3, -0.25) is 0 Å². The third-order valence-corrected chi connectivity index (χ3v) is 5.85. The monoisotopic (exact) mass is 280 g/mol. The summed E-state index contributed by atoms with van der Waals surface area (Å²) in [4.78, 5) is 0. The Hall–Kier alpha value is -0.0400. The van der Waals surface area contributed by atoms with E-state index in [0.29, 0.717) is 0 Å². The molecule has 1 N–H and O–H groups in total. The standard InChI is InChI=1S/C19H36O/c1-2-3-4-5-6-7-8-9-10-19(20)15-18-14-16-11-12-17(18)13-16/h16-20H,2-15H2,1H3. The SMILES string of the molecule is CCCCCCCCCCC(O)CC1CC2CCC1C2. The largest absolute Gasteiger partial charge is 0.393 e. The zero-order chi connectivity index (χ0) is 14.2. The molecular formula is C19H36O. The Morgan fingerprint density at radius 3 is 2.20 bits per heavy atom. The van der Waals surface area contributed by atoms with E-state index in [-0.39, 0.29) is 6.10 Å². The minimum absolute atomic E-state index is 0.000517. The van der Waals surface area contributed by atoms with Gasteiger partial charge in [0, 0.05) is 0 Å². The van der Waals surface area contributed by atoms with Crippen LogP contribution in [0.25, 0.3) is 0 Å². The lowest BCUT2D eigenvalue weighted by Gasteiger charge is -2.24. The Morgan fingerprint density at radius 1 is 0.900 bits per heavy atom. The molecule has 0 radical (unpaired) electrons. The summed E-state index contributed by atoms with van der Waals surface area (Å²) in [5, 5.41) is 10.2. The Kier molecular flexibility index (Phi) is 7.41. The number of aliphatic hydroxyl groups excluding tert-OH is 1. The van der Waals surface area contributed by atoms with E-state index in [1.807, 2.05) is 0 Å². The fourth-order valence-corrected chi connectivity index (χ4v) is 4.65. The van der Waals surface area contributed by atoms with Gasteiger partial charge in [0.05, 0.1) is 6.10 Å². The Balaban J connectivity index is 1.42. The third-order valence-electron chi connectivity index (χ3n) is 5.85. The van der Waals surface area contributed by atoms with Crippen LogP contribution >= 0.6 is 0 Å². The molecule has 2 bridgehead atoms. The van der Waals surface area contributed by atoms with Crippen molar-refractivity contribution in [2.24, 2.45) is 17.8 Å². The van der Waals surface area contributed by atoms with Crippen LogP contribution in [-0.2, 0) is 0 Å². The molecule has 118 valence electrons. The quantitative estimate of drug-likeness (QED) is 0.481. The molecule has 2 fully saturated rings. The highest BCUT2D eigenvalue weighted by Gasteiger charge is 2.39. The van der Waals surface area contributed by atoms with Gasteiger partial charge in [-0.15, -0.1) is 0 Å². The van der Waals surface area contributed by atoms with Crippen molar-refractivity contribution in [3.05, 3.63) is 0 Å². The summed E-state index contributed by atoms with van der Waals surface area (Å²) in [6.07, 6.45) is 19.0. The molecule has 4 unspecified atom stereocenters. The summed E-state index contributed by atoms with van der Waals surface area (Å²) in [5.74, 6) is 2.88. The number of rotatable bonds is 11. The van der Waals surface area contributed by atoms with Gasteiger partial charge in [-0.1, -0.05) is 64.7 Å². The van der Waals surface area contributed by atoms with E-state index in [4.69, 9.17) is 0 Å². The second-order valence-corrected chi connectivity index (χ2v) is 7.59. The first-order valence-electron chi connectivity index (χ1n) is 9.47. The second-order valence-electron chi connectivity index (χ2n) is 7.59. The van der Waals surface area contributed by atoms with Crippen LogP contribution in [0.5, 0.6) is 0 Å². The number of hydrogen-bond donors (Lipinski definition) is 1.